The summed E-state index contributed by atoms with van der Waals surface area (Å²) in [6, 6.07) is 14.5. The van der Waals surface area contributed by atoms with Gasteiger partial charge in [-0.1, -0.05) is 41.9 Å². The highest BCUT2D eigenvalue weighted by molar-refractivity contribution is 7.71. The first-order valence-corrected chi connectivity index (χ1v) is 9.40. The van der Waals surface area contributed by atoms with Gasteiger partial charge in [-0.2, -0.15) is 0 Å². The molecule has 0 bridgehead atoms. The normalized spacial score (nSPS) is 14.4. The van der Waals surface area contributed by atoms with Crippen LogP contribution in [-0.2, 0) is 5.54 Å². The van der Waals surface area contributed by atoms with Gasteiger partial charge in [-0.05, 0) is 50.6 Å². The van der Waals surface area contributed by atoms with Crippen molar-refractivity contribution in [1.82, 2.24) is 3.96 Å². The van der Waals surface area contributed by atoms with E-state index in [-0.39, 0.29) is 5.54 Å². The number of para-hydroxylation sites is 1. The predicted octanol–water partition coefficient (Wildman–Crippen LogP) is 5.91. The van der Waals surface area contributed by atoms with E-state index in [1.54, 1.807) is 18.6 Å². The molecular weight excluding hydrogens is 348 g/mol. The fourth-order valence-electron chi connectivity index (χ4n) is 3.35. The Morgan fingerprint density at radius 2 is 1.92 bits per heavy atom. The van der Waals surface area contributed by atoms with E-state index >= 15 is 0 Å². The number of nitrogens with zero attached hydrogens (tertiary/aromatic N) is 1. The fraction of sp³-hybridized carbons (Fsp3) is 0.250. The first-order valence-electron chi connectivity index (χ1n) is 8.22. The first kappa shape index (κ1) is 16.4. The Kier molecular flexibility index (Phi) is 3.74. The number of aromatic nitrogens is 1. The smallest absolute Gasteiger partial charge is 0.129 e. The SMILES string of the molecule is COc1ccc2c(c1)-c1c(sn(-c3ccccc3C)c1=S)C(C)(C)N2. The Balaban J connectivity index is 2.03. The number of ether oxygens (including phenoxy) is 1. The number of methoxy groups -OCH3 is 1. The zero-order valence-corrected chi connectivity index (χ0v) is 16.3. The molecule has 25 heavy (non-hydrogen) atoms. The largest absolute Gasteiger partial charge is 0.497 e. The van der Waals surface area contributed by atoms with Crippen LogP contribution in [0.25, 0.3) is 16.8 Å². The van der Waals surface area contributed by atoms with Crippen LogP contribution in [0.4, 0.5) is 5.69 Å². The predicted molar refractivity (Wildman–Crippen MR) is 108 cm³/mol. The summed E-state index contributed by atoms with van der Waals surface area (Å²) in [6.07, 6.45) is 0. The molecule has 5 heteroatoms. The lowest BCUT2D eigenvalue weighted by Gasteiger charge is -2.33. The molecule has 0 unspecified atom stereocenters. The van der Waals surface area contributed by atoms with Crippen LogP contribution >= 0.6 is 23.8 Å². The number of aryl methyl sites for hydroxylation is 1. The maximum absolute atomic E-state index is 5.92. The molecule has 0 saturated carbocycles. The van der Waals surface area contributed by atoms with Crippen LogP contribution in [0.3, 0.4) is 0 Å². The van der Waals surface area contributed by atoms with E-state index in [1.807, 2.05) is 6.07 Å². The van der Waals surface area contributed by atoms with Gasteiger partial charge in [0.15, 0.2) is 0 Å². The zero-order valence-electron chi connectivity index (χ0n) is 14.7. The monoisotopic (exact) mass is 368 g/mol. The third-order valence-electron chi connectivity index (χ3n) is 4.65. The van der Waals surface area contributed by atoms with Crippen molar-refractivity contribution in [3.8, 4) is 22.6 Å². The van der Waals surface area contributed by atoms with E-state index in [0.717, 1.165) is 32.9 Å². The zero-order chi connectivity index (χ0) is 17.8. The quantitative estimate of drug-likeness (QED) is 0.569. The summed E-state index contributed by atoms with van der Waals surface area (Å²) in [7, 11) is 1.69. The maximum atomic E-state index is 5.92. The Morgan fingerprint density at radius 3 is 2.64 bits per heavy atom. The van der Waals surface area contributed by atoms with Gasteiger partial charge in [0.2, 0.25) is 0 Å². The van der Waals surface area contributed by atoms with Crippen molar-refractivity contribution >= 4 is 29.4 Å². The molecule has 128 valence electrons. The molecule has 0 aliphatic carbocycles. The van der Waals surface area contributed by atoms with E-state index in [2.05, 4.69) is 66.4 Å². The lowest BCUT2D eigenvalue weighted by molar-refractivity contribution is 0.415. The highest BCUT2D eigenvalue weighted by atomic mass is 32.1. The van der Waals surface area contributed by atoms with Gasteiger partial charge in [-0.15, -0.1) is 0 Å². The van der Waals surface area contributed by atoms with Crippen molar-refractivity contribution in [3.05, 3.63) is 57.5 Å². The molecule has 0 amide bonds. The van der Waals surface area contributed by atoms with Gasteiger partial charge < -0.3 is 10.1 Å². The molecule has 1 aromatic heterocycles. The minimum atomic E-state index is -0.177. The van der Waals surface area contributed by atoms with Gasteiger partial charge in [0.25, 0.3) is 0 Å². The minimum absolute atomic E-state index is 0.177. The van der Waals surface area contributed by atoms with Crippen LogP contribution in [0.15, 0.2) is 42.5 Å². The summed E-state index contributed by atoms with van der Waals surface area (Å²) in [6.45, 7) is 6.52. The lowest BCUT2D eigenvalue weighted by Crippen LogP contribution is -2.30. The number of hydrogen-bond donors (Lipinski definition) is 1. The fourth-order valence-corrected chi connectivity index (χ4v) is 5.07. The topological polar surface area (TPSA) is 26.2 Å². The van der Waals surface area contributed by atoms with Crippen molar-refractivity contribution in [2.45, 2.75) is 26.3 Å². The summed E-state index contributed by atoms with van der Waals surface area (Å²) < 4.78 is 8.47. The van der Waals surface area contributed by atoms with Crippen molar-refractivity contribution < 1.29 is 4.74 Å². The van der Waals surface area contributed by atoms with E-state index < -0.39 is 0 Å². The first-order chi connectivity index (χ1) is 11.9. The molecule has 0 fully saturated rings. The molecule has 3 aromatic rings. The molecule has 2 aromatic carbocycles. The number of anilines is 1. The van der Waals surface area contributed by atoms with Crippen LogP contribution in [0, 0.1) is 11.6 Å². The minimum Gasteiger partial charge on any atom is -0.497 e. The summed E-state index contributed by atoms with van der Waals surface area (Å²) >= 11 is 7.64. The van der Waals surface area contributed by atoms with E-state index in [9.17, 15) is 0 Å². The number of rotatable bonds is 2. The molecule has 3 nitrogen and oxygen atoms in total. The number of hydrogen-bond acceptors (Lipinski definition) is 4. The summed E-state index contributed by atoms with van der Waals surface area (Å²) in [5.74, 6) is 0.842. The van der Waals surface area contributed by atoms with Gasteiger partial charge in [-0.3, -0.25) is 3.96 Å². The van der Waals surface area contributed by atoms with Crippen molar-refractivity contribution in [1.29, 1.82) is 0 Å². The number of nitrogens with one attached hydrogen (secondary N) is 1. The molecular formula is C20H20N2OS2. The summed E-state index contributed by atoms with van der Waals surface area (Å²) in [5, 5.41) is 3.65. The lowest BCUT2D eigenvalue weighted by atomic mass is 9.90. The van der Waals surface area contributed by atoms with Gasteiger partial charge in [0.1, 0.15) is 10.4 Å². The number of benzene rings is 2. The average molecular weight is 369 g/mol. The molecule has 0 atom stereocenters. The number of fused-ring (bicyclic) bond motifs is 3. The third-order valence-corrected chi connectivity index (χ3v) is 6.61. The standard InChI is InChI=1S/C20H20N2OS2/c1-12-7-5-6-8-16(12)22-19(24)17-14-11-13(23-4)9-10-15(14)21-20(2,3)18(17)25-22/h5-11,21H,1-4H3. The highest BCUT2D eigenvalue weighted by Crippen LogP contribution is 2.48. The van der Waals surface area contributed by atoms with Gasteiger partial charge in [0, 0.05) is 16.8 Å². The van der Waals surface area contributed by atoms with Crippen molar-refractivity contribution in [2.75, 3.05) is 12.4 Å². The molecule has 1 N–H and O–H groups in total. The Labute approximate surface area is 157 Å². The molecule has 1 aliphatic rings. The molecule has 1 aliphatic heterocycles. The second-order valence-corrected chi connectivity index (χ2v) is 8.19. The molecule has 0 saturated heterocycles. The van der Waals surface area contributed by atoms with Gasteiger partial charge >= 0.3 is 0 Å². The Hall–Kier alpha value is -2.11. The van der Waals surface area contributed by atoms with Gasteiger partial charge in [0.05, 0.1) is 23.2 Å². The summed E-state index contributed by atoms with van der Waals surface area (Å²) in [4.78, 5) is 1.25. The van der Waals surface area contributed by atoms with Crippen molar-refractivity contribution in [2.24, 2.45) is 0 Å². The van der Waals surface area contributed by atoms with Crippen LogP contribution in [-0.4, -0.2) is 11.1 Å². The van der Waals surface area contributed by atoms with Crippen LogP contribution in [0.5, 0.6) is 5.75 Å². The third kappa shape index (κ3) is 2.50. The summed E-state index contributed by atoms with van der Waals surface area (Å²) in [5.41, 5.74) is 5.53. The van der Waals surface area contributed by atoms with Crippen LogP contribution < -0.4 is 10.1 Å². The van der Waals surface area contributed by atoms with Gasteiger partial charge in [-0.25, -0.2) is 0 Å². The molecule has 2 heterocycles. The molecule has 4 rings (SSSR count). The molecule has 0 spiro atoms. The van der Waals surface area contributed by atoms with E-state index in [1.165, 1.54) is 10.4 Å². The second kappa shape index (κ2) is 5.71. The van der Waals surface area contributed by atoms with E-state index in [0.29, 0.717) is 0 Å². The van der Waals surface area contributed by atoms with Crippen LogP contribution in [0.1, 0.15) is 24.3 Å². The highest BCUT2D eigenvalue weighted by Gasteiger charge is 2.34. The Morgan fingerprint density at radius 1 is 1.16 bits per heavy atom. The average Bonchev–Trinajstić information content (AvgIpc) is 2.94. The van der Waals surface area contributed by atoms with E-state index in [4.69, 9.17) is 17.0 Å². The molecule has 0 radical (unpaired) electrons. The maximum Gasteiger partial charge on any atom is 0.129 e. The van der Waals surface area contributed by atoms with Crippen molar-refractivity contribution in [3.63, 3.8) is 0 Å². The Bertz CT molecular complexity index is 1030. The van der Waals surface area contributed by atoms with Crippen LogP contribution in [0.2, 0.25) is 0 Å². The second-order valence-electron chi connectivity index (χ2n) is 6.84.